The first-order valence-corrected chi connectivity index (χ1v) is 13.6. The summed E-state index contributed by atoms with van der Waals surface area (Å²) in [5.41, 5.74) is -1.58. The van der Waals surface area contributed by atoms with Crippen LogP contribution in [0.3, 0.4) is 0 Å². The second-order valence-electron chi connectivity index (χ2n) is 11.2. The van der Waals surface area contributed by atoms with E-state index in [9.17, 15) is 19.5 Å². The third-order valence-electron chi connectivity index (χ3n) is 5.89. The monoisotopic (exact) mass is 559 g/mol. The van der Waals surface area contributed by atoms with Gasteiger partial charge in [-0.2, -0.15) is 0 Å². The number of carboxylic acid groups (broad SMARTS) is 1. The molecular weight excluding hydrogens is 522 g/mol. The normalized spacial score (nSPS) is 17.2. The van der Waals surface area contributed by atoms with Gasteiger partial charge in [0.2, 0.25) is 0 Å². The standard InChI is InChI=1S/C29H37NO8S/c1-27(2,3)37-25(33)30-14-13-20-15-23(36-17-19-11-9-8-10-12-19)22(35-7)16-21(20)29(30,24(31)32)18-39-26(34)38-28(4,5)6/h8-12,15-16H,13-14,17-18H2,1-7H3,(H,31,32)/t29-/m1/s1. The molecule has 0 aliphatic carbocycles. The van der Waals surface area contributed by atoms with Crippen LogP contribution in [0.1, 0.15) is 58.2 Å². The molecule has 1 N–H and O–H groups in total. The fourth-order valence-corrected chi connectivity index (χ4v) is 5.30. The Bertz CT molecular complexity index is 1200. The summed E-state index contributed by atoms with van der Waals surface area (Å²) in [5, 5.41) is 10.1. The van der Waals surface area contributed by atoms with Gasteiger partial charge in [-0.15, -0.1) is 0 Å². The molecule has 9 nitrogen and oxygen atoms in total. The number of hydrogen-bond donors (Lipinski definition) is 1. The predicted octanol–water partition coefficient (Wildman–Crippen LogP) is 6.02. The summed E-state index contributed by atoms with van der Waals surface area (Å²) in [5.74, 6) is -0.837. The molecular formula is C29H37NO8S. The second kappa shape index (κ2) is 11.8. The number of hydrogen-bond acceptors (Lipinski definition) is 8. The first kappa shape index (κ1) is 30.1. The number of rotatable bonds is 7. The summed E-state index contributed by atoms with van der Waals surface area (Å²) in [6, 6.07) is 12.9. The van der Waals surface area contributed by atoms with Crippen molar-refractivity contribution in [2.24, 2.45) is 0 Å². The topological polar surface area (TPSA) is 112 Å². The molecule has 3 rings (SSSR count). The Morgan fingerprint density at radius 1 is 0.974 bits per heavy atom. The number of methoxy groups -OCH3 is 1. The fourth-order valence-electron chi connectivity index (χ4n) is 4.23. The van der Waals surface area contributed by atoms with Crippen LogP contribution in [0.15, 0.2) is 42.5 Å². The van der Waals surface area contributed by atoms with Crippen LogP contribution in [0.2, 0.25) is 0 Å². The van der Waals surface area contributed by atoms with Crippen molar-refractivity contribution < 1.29 is 38.4 Å². The van der Waals surface area contributed by atoms with E-state index in [1.54, 1.807) is 53.7 Å². The minimum absolute atomic E-state index is 0.0630. The van der Waals surface area contributed by atoms with E-state index in [1.807, 2.05) is 30.3 Å². The number of carbonyl (C=O) groups excluding carboxylic acids is 2. The third kappa shape index (κ3) is 7.38. The number of fused-ring (bicyclic) bond motifs is 1. The Hall–Kier alpha value is -3.40. The van der Waals surface area contributed by atoms with Gasteiger partial charge in [0.05, 0.1) is 7.11 Å². The lowest BCUT2D eigenvalue weighted by molar-refractivity contribution is -0.151. The van der Waals surface area contributed by atoms with E-state index >= 15 is 0 Å². The fraction of sp³-hybridized carbons (Fsp3) is 0.483. The van der Waals surface area contributed by atoms with E-state index in [0.29, 0.717) is 47.4 Å². The van der Waals surface area contributed by atoms with Crippen molar-refractivity contribution in [3.05, 3.63) is 59.2 Å². The SMILES string of the molecule is COc1cc2c(cc1OCc1ccccc1)CCN(C(=O)OC(C)(C)C)[C@@]2(CSC(=O)OC(C)(C)C)C(=O)O. The third-order valence-corrected chi connectivity index (χ3v) is 6.77. The van der Waals surface area contributed by atoms with Crippen molar-refractivity contribution in [1.29, 1.82) is 0 Å². The lowest BCUT2D eigenvalue weighted by Crippen LogP contribution is -2.60. The van der Waals surface area contributed by atoms with Gasteiger partial charge in [0.15, 0.2) is 17.0 Å². The molecule has 212 valence electrons. The molecule has 0 aromatic heterocycles. The lowest BCUT2D eigenvalue weighted by Gasteiger charge is -2.45. The van der Waals surface area contributed by atoms with Crippen molar-refractivity contribution in [2.45, 2.75) is 71.3 Å². The highest BCUT2D eigenvalue weighted by Gasteiger charge is 2.53. The van der Waals surface area contributed by atoms with E-state index in [0.717, 1.165) is 5.56 Å². The number of thioether (sulfide) groups is 1. The van der Waals surface area contributed by atoms with Crippen LogP contribution in [-0.4, -0.2) is 58.0 Å². The summed E-state index contributed by atoms with van der Waals surface area (Å²) in [4.78, 5) is 40.3. The number of carboxylic acids is 1. The Morgan fingerprint density at radius 3 is 2.18 bits per heavy atom. The molecule has 10 heteroatoms. The minimum atomic E-state index is -1.93. The van der Waals surface area contributed by atoms with Gasteiger partial charge in [-0.1, -0.05) is 30.3 Å². The number of aliphatic carboxylic acids is 1. The van der Waals surface area contributed by atoms with E-state index < -0.39 is 34.1 Å². The highest BCUT2D eigenvalue weighted by Crippen LogP contribution is 2.44. The van der Waals surface area contributed by atoms with Crippen LogP contribution >= 0.6 is 11.8 Å². The Balaban J connectivity index is 2.07. The zero-order chi connectivity index (χ0) is 29.0. The summed E-state index contributed by atoms with van der Waals surface area (Å²) in [7, 11) is 1.46. The summed E-state index contributed by atoms with van der Waals surface area (Å²) in [6.45, 7) is 10.7. The van der Waals surface area contributed by atoms with Crippen molar-refractivity contribution in [3.63, 3.8) is 0 Å². The Kier molecular flexibility index (Phi) is 9.10. The number of amides is 1. The van der Waals surface area contributed by atoms with Crippen LogP contribution < -0.4 is 9.47 Å². The molecule has 2 aromatic rings. The molecule has 0 bridgehead atoms. The molecule has 0 saturated heterocycles. The van der Waals surface area contributed by atoms with E-state index in [4.69, 9.17) is 18.9 Å². The molecule has 1 atom stereocenters. The smallest absolute Gasteiger partial charge is 0.411 e. The molecule has 1 amide bonds. The van der Waals surface area contributed by atoms with E-state index in [2.05, 4.69) is 0 Å². The molecule has 0 unspecified atom stereocenters. The van der Waals surface area contributed by atoms with Gasteiger partial charge in [0.25, 0.3) is 0 Å². The molecule has 0 radical (unpaired) electrons. The van der Waals surface area contributed by atoms with Gasteiger partial charge in [-0.3, -0.25) is 4.90 Å². The average Bonchev–Trinajstić information content (AvgIpc) is 2.83. The van der Waals surface area contributed by atoms with Crippen LogP contribution in [0, 0.1) is 0 Å². The highest BCUT2D eigenvalue weighted by molar-refractivity contribution is 8.13. The zero-order valence-corrected chi connectivity index (χ0v) is 24.3. The number of nitrogens with zero attached hydrogens (tertiary/aromatic N) is 1. The number of carbonyl (C=O) groups is 3. The van der Waals surface area contributed by atoms with Crippen LogP contribution in [0.4, 0.5) is 9.59 Å². The summed E-state index contributed by atoms with van der Waals surface area (Å²) < 4.78 is 22.6. The average molecular weight is 560 g/mol. The van der Waals surface area contributed by atoms with Gasteiger partial charge < -0.3 is 24.1 Å². The Labute approximate surface area is 233 Å². The van der Waals surface area contributed by atoms with Gasteiger partial charge in [-0.25, -0.2) is 14.4 Å². The minimum Gasteiger partial charge on any atom is -0.493 e. The largest absolute Gasteiger partial charge is 0.493 e. The predicted molar refractivity (Wildman–Crippen MR) is 148 cm³/mol. The highest BCUT2D eigenvalue weighted by atomic mass is 32.2. The van der Waals surface area contributed by atoms with Crippen molar-refractivity contribution in [1.82, 2.24) is 4.90 Å². The number of ether oxygens (including phenoxy) is 4. The van der Waals surface area contributed by atoms with Crippen LogP contribution in [-0.2, 0) is 32.8 Å². The quantitative estimate of drug-likeness (QED) is 0.407. The van der Waals surface area contributed by atoms with E-state index in [1.165, 1.54) is 12.0 Å². The molecule has 39 heavy (non-hydrogen) atoms. The molecule has 2 aromatic carbocycles. The molecule has 0 spiro atoms. The maximum atomic E-state index is 13.4. The van der Waals surface area contributed by atoms with Crippen LogP contribution in [0.5, 0.6) is 11.5 Å². The van der Waals surface area contributed by atoms with Gasteiger partial charge in [0, 0.05) is 12.3 Å². The first-order chi connectivity index (χ1) is 18.2. The van der Waals surface area contributed by atoms with Crippen molar-refractivity contribution in [2.75, 3.05) is 19.4 Å². The van der Waals surface area contributed by atoms with Crippen LogP contribution in [0.25, 0.3) is 0 Å². The first-order valence-electron chi connectivity index (χ1n) is 12.6. The molecule has 1 aliphatic rings. The summed E-state index contributed by atoms with van der Waals surface area (Å²) in [6.07, 6.45) is -0.435. The zero-order valence-electron chi connectivity index (χ0n) is 23.5. The molecule has 0 saturated carbocycles. The Morgan fingerprint density at radius 2 is 1.62 bits per heavy atom. The molecule has 1 aliphatic heterocycles. The maximum absolute atomic E-state index is 13.4. The van der Waals surface area contributed by atoms with Gasteiger partial charge in [0.1, 0.15) is 17.8 Å². The molecule has 0 fully saturated rings. The lowest BCUT2D eigenvalue weighted by atomic mass is 9.81. The second-order valence-corrected chi connectivity index (χ2v) is 12.1. The van der Waals surface area contributed by atoms with Crippen molar-refractivity contribution in [3.8, 4) is 11.5 Å². The van der Waals surface area contributed by atoms with Gasteiger partial charge >= 0.3 is 17.4 Å². The van der Waals surface area contributed by atoms with E-state index in [-0.39, 0.29) is 12.3 Å². The summed E-state index contributed by atoms with van der Waals surface area (Å²) >= 11 is 0.701. The maximum Gasteiger partial charge on any atom is 0.411 e. The number of benzene rings is 2. The van der Waals surface area contributed by atoms with Crippen molar-refractivity contribution >= 4 is 29.1 Å². The van der Waals surface area contributed by atoms with Gasteiger partial charge in [-0.05, 0) is 88.5 Å². The molecule has 1 heterocycles.